The summed E-state index contributed by atoms with van der Waals surface area (Å²) in [6.45, 7) is 11.5. The topological polar surface area (TPSA) is 171 Å². The maximum Gasteiger partial charge on any atom is 0.326 e. The summed E-state index contributed by atoms with van der Waals surface area (Å²) in [6, 6.07) is -4.39. The Morgan fingerprint density at radius 3 is 2.00 bits per heavy atom. The number of hydrogen-bond donors (Lipinski definition) is 5. The van der Waals surface area contributed by atoms with Crippen molar-refractivity contribution in [2.75, 3.05) is 18.6 Å². The fourth-order valence-electron chi connectivity index (χ4n) is 4.60. The van der Waals surface area contributed by atoms with Crippen LogP contribution in [0.4, 0.5) is 0 Å². The third-order valence-corrected chi connectivity index (χ3v) is 7.34. The Labute approximate surface area is 237 Å². The van der Waals surface area contributed by atoms with E-state index in [1.54, 1.807) is 25.6 Å². The molecule has 39 heavy (non-hydrogen) atoms. The lowest BCUT2D eigenvalue weighted by Gasteiger charge is -2.30. The minimum Gasteiger partial charge on any atom is -0.480 e. The Hall–Kier alpha value is -2.34. The van der Waals surface area contributed by atoms with Gasteiger partial charge in [-0.1, -0.05) is 41.5 Å². The minimum absolute atomic E-state index is 0.0369. The number of likely N-dealkylation sites (tertiary alicyclic amines) is 1. The molecule has 6 N–H and O–H groups in total. The van der Waals surface area contributed by atoms with Gasteiger partial charge in [0.25, 0.3) is 0 Å². The van der Waals surface area contributed by atoms with E-state index in [4.69, 9.17) is 5.73 Å². The predicted octanol–water partition coefficient (Wildman–Crippen LogP) is 1.35. The van der Waals surface area contributed by atoms with Crippen molar-refractivity contribution in [3.05, 3.63) is 0 Å². The van der Waals surface area contributed by atoms with Crippen LogP contribution in [0.1, 0.15) is 73.6 Å². The van der Waals surface area contributed by atoms with Crippen molar-refractivity contribution in [2.24, 2.45) is 23.5 Å². The number of carboxylic acid groups (broad SMARTS) is 1. The standard InChI is InChI=1S/C27H49N5O6S/c1-15(2)13-19(23(33)30-20(27(37)38)14-16(3)4)29-25(35)22(17(5)6)31-24(34)21-9-8-11-32(21)26(36)18(28)10-12-39-7/h15-22H,8-14,28H2,1-7H3,(H,29,35)(H,30,33)(H,31,34)(H,37,38)/t18-,19-,20-,21-,22-/m0/s1. The molecule has 1 fully saturated rings. The molecular weight excluding hydrogens is 522 g/mol. The van der Waals surface area contributed by atoms with Crippen molar-refractivity contribution >= 4 is 41.4 Å². The minimum atomic E-state index is -1.14. The molecule has 0 aromatic rings. The first-order valence-electron chi connectivity index (χ1n) is 13.9. The van der Waals surface area contributed by atoms with Crippen molar-refractivity contribution in [3.8, 4) is 0 Å². The molecule has 0 aliphatic carbocycles. The molecule has 11 nitrogen and oxygen atoms in total. The summed E-state index contributed by atoms with van der Waals surface area (Å²) in [5, 5.41) is 17.6. The monoisotopic (exact) mass is 571 g/mol. The summed E-state index contributed by atoms with van der Waals surface area (Å²) in [4.78, 5) is 65.7. The van der Waals surface area contributed by atoms with Crippen molar-refractivity contribution in [3.63, 3.8) is 0 Å². The van der Waals surface area contributed by atoms with Crippen LogP contribution in [-0.4, -0.2) is 88.4 Å². The van der Waals surface area contributed by atoms with E-state index in [9.17, 15) is 29.1 Å². The highest BCUT2D eigenvalue weighted by Gasteiger charge is 2.38. The normalized spacial score (nSPS) is 18.5. The molecule has 12 heteroatoms. The van der Waals surface area contributed by atoms with E-state index < -0.39 is 53.9 Å². The molecular formula is C27H49N5O6S. The molecule has 0 spiro atoms. The Balaban J connectivity index is 2.99. The van der Waals surface area contributed by atoms with Gasteiger partial charge in [-0.3, -0.25) is 19.2 Å². The van der Waals surface area contributed by atoms with Gasteiger partial charge in [-0.05, 0) is 61.9 Å². The number of nitrogens with one attached hydrogen (secondary N) is 3. The molecule has 224 valence electrons. The van der Waals surface area contributed by atoms with Crippen LogP contribution >= 0.6 is 11.8 Å². The summed E-state index contributed by atoms with van der Waals surface area (Å²) in [5.74, 6) is -2.44. The number of hydrogen-bond acceptors (Lipinski definition) is 7. The van der Waals surface area contributed by atoms with Crippen LogP contribution in [-0.2, 0) is 24.0 Å². The maximum absolute atomic E-state index is 13.3. The zero-order valence-electron chi connectivity index (χ0n) is 24.5. The van der Waals surface area contributed by atoms with Crippen molar-refractivity contribution < 1.29 is 29.1 Å². The third-order valence-electron chi connectivity index (χ3n) is 6.70. The van der Waals surface area contributed by atoms with Gasteiger partial charge < -0.3 is 31.7 Å². The molecule has 0 radical (unpaired) electrons. The smallest absolute Gasteiger partial charge is 0.326 e. The first-order chi connectivity index (χ1) is 18.2. The van der Waals surface area contributed by atoms with Crippen LogP contribution in [0.3, 0.4) is 0 Å². The van der Waals surface area contributed by atoms with E-state index in [0.717, 1.165) is 5.75 Å². The fourth-order valence-corrected chi connectivity index (χ4v) is 5.09. The molecule has 1 saturated heterocycles. The SMILES string of the molecule is CSCC[C@H](N)C(=O)N1CCC[C@H]1C(=O)N[C@H](C(=O)N[C@@H](CC(C)C)C(=O)N[C@@H](CC(C)C)C(=O)O)C(C)C. The zero-order valence-corrected chi connectivity index (χ0v) is 25.3. The summed E-state index contributed by atoms with van der Waals surface area (Å²) >= 11 is 1.60. The number of nitrogens with two attached hydrogens (primary N) is 1. The molecule has 4 amide bonds. The lowest BCUT2D eigenvalue weighted by Crippen LogP contribution is -2.59. The molecule has 0 unspecified atom stereocenters. The fraction of sp³-hybridized carbons (Fsp3) is 0.815. The number of thioether (sulfide) groups is 1. The molecule has 1 heterocycles. The average Bonchev–Trinajstić information content (AvgIpc) is 3.33. The highest BCUT2D eigenvalue weighted by molar-refractivity contribution is 7.98. The van der Waals surface area contributed by atoms with Gasteiger partial charge in [0.1, 0.15) is 24.2 Å². The number of amides is 4. The molecule has 1 aliphatic rings. The molecule has 0 saturated carbocycles. The summed E-state index contributed by atoms with van der Waals surface area (Å²) in [5.41, 5.74) is 6.07. The predicted molar refractivity (Wildman–Crippen MR) is 153 cm³/mol. The number of carbonyl (C=O) groups is 5. The highest BCUT2D eigenvalue weighted by Crippen LogP contribution is 2.20. The second kappa shape index (κ2) is 16.7. The van der Waals surface area contributed by atoms with E-state index in [0.29, 0.717) is 32.2 Å². The van der Waals surface area contributed by atoms with E-state index in [1.807, 2.05) is 34.0 Å². The Morgan fingerprint density at radius 1 is 0.923 bits per heavy atom. The Bertz CT molecular complexity index is 853. The van der Waals surface area contributed by atoms with Crippen molar-refractivity contribution in [1.82, 2.24) is 20.9 Å². The lowest BCUT2D eigenvalue weighted by atomic mass is 9.98. The molecule has 0 bridgehead atoms. The van der Waals surface area contributed by atoms with E-state index in [-0.39, 0.29) is 30.1 Å². The lowest BCUT2D eigenvalue weighted by molar-refractivity contribution is -0.143. The Kier molecular flexibility index (Phi) is 14.8. The van der Waals surface area contributed by atoms with E-state index in [2.05, 4.69) is 16.0 Å². The number of aliphatic carboxylic acids is 1. The van der Waals surface area contributed by atoms with Gasteiger partial charge in [-0.2, -0.15) is 11.8 Å². The first-order valence-corrected chi connectivity index (χ1v) is 15.3. The molecule has 1 rings (SSSR count). The van der Waals surface area contributed by atoms with Gasteiger partial charge >= 0.3 is 5.97 Å². The summed E-state index contributed by atoms with van der Waals surface area (Å²) in [6.07, 6.45) is 4.14. The van der Waals surface area contributed by atoms with E-state index in [1.165, 1.54) is 4.90 Å². The Morgan fingerprint density at radius 2 is 1.49 bits per heavy atom. The van der Waals surface area contributed by atoms with Crippen LogP contribution in [0.25, 0.3) is 0 Å². The van der Waals surface area contributed by atoms with Crippen LogP contribution in [0, 0.1) is 17.8 Å². The average molecular weight is 572 g/mol. The van der Waals surface area contributed by atoms with E-state index >= 15 is 0 Å². The number of rotatable bonds is 16. The summed E-state index contributed by atoms with van der Waals surface area (Å²) < 4.78 is 0. The van der Waals surface area contributed by atoms with Gasteiger partial charge in [-0.15, -0.1) is 0 Å². The van der Waals surface area contributed by atoms with Gasteiger partial charge in [0.15, 0.2) is 0 Å². The van der Waals surface area contributed by atoms with Gasteiger partial charge in [0.2, 0.25) is 23.6 Å². The quantitative estimate of drug-likeness (QED) is 0.185. The zero-order chi connectivity index (χ0) is 29.9. The van der Waals surface area contributed by atoms with Crippen molar-refractivity contribution in [1.29, 1.82) is 0 Å². The van der Waals surface area contributed by atoms with Gasteiger partial charge in [0.05, 0.1) is 6.04 Å². The van der Waals surface area contributed by atoms with Gasteiger partial charge in [-0.25, -0.2) is 4.79 Å². The van der Waals surface area contributed by atoms with Crippen LogP contribution in [0.15, 0.2) is 0 Å². The molecule has 5 atom stereocenters. The number of carboxylic acids is 1. The van der Waals surface area contributed by atoms with Gasteiger partial charge in [0, 0.05) is 6.54 Å². The van der Waals surface area contributed by atoms with Crippen LogP contribution in [0.5, 0.6) is 0 Å². The second-order valence-electron chi connectivity index (χ2n) is 11.5. The first kappa shape index (κ1) is 34.7. The van der Waals surface area contributed by atoms with Crippen LogP contribution < -0.4 is 21.7 Å². The highest BCUT2D eigenvalue weighted by atomic mass is 32.2. The molecule has 1 aliphatic heterocycles. The molecule has 0 aromatic carbocycles. The third kappa shape index (κ3) is 11.4. The number of nitrogens with zero attached hydrogens (tertiary/aromatic N) is 1. The largest absolute Gasteiger partial charge is 0.480 e. The maximum atomic E-state index is 13.3. The summed E-state index contributed by atoms with van der Waals surface area (Å²) in [7, 11) is 0. The molecule has 0 aromatic heterocycles. The second-order valence-corrected chi connectivity index (χ2v) is 12.5. The number of carbonyl (C=O) groups excluding carboxylic acids is 4. The van der Waals surface area contributed by atoms with Crippen LogP contribution in [0.2, 0.25) is 0 Å². The van der Waals surface area contributed by atoms with Crippen molar-refractivity contribution in [2.45, 2.75) is 104 Å².